The highest BCUT2D eigenvalue weighted by Gasteiger charge is 2.04. The first-order chi connectivity index (χ1) is 8.24. The van der Waals surface area contributed by atoms with E-state index in [-0.39, 0.29) is 5.91 Å². The summed E-state index contributed by atoms with van der Waals surface area (Å²) in [7, 11) is 0. The zero-order chi connectivity index (χ0) is 12.1. The summed E-state index contributed by atoms with van der Waals surface area (Å²) in [6, 6.07) is 4.12. The molecule has 90 valence electrons. The molecule has 0 aliphatic carbocycles. The lowest BCUT2D eigenvalue weighted by atomic mass is 10.2. The minimum absolute atomic E-state index is 0.0296. The van der Waals surface area contributed by atoms with Gasteiger partial charge in [-0.15, -0.1) is 11.3 Å². The number of thiophene rings is 1. The Morgan fingerprint density at radius 2 is 2.41 bits per heavy atom. The number of hydrogen-bond donors (Lipinski definition) is 2. The van der Waals surface area contributed by atoms with Crippen molar-refractivity contribution in [3.8, 4) is 0 Å². The van der Waals surface area contributed by atoms with Gasteiger partial charge in [0.25, 0.3) is 0 Å². The number of carbonyl (C=O) groups is 1. The van der Waals surface area contributed by atoms with Crippen molar-refractivity contribution in [2.75, 3.05) is 5.32 Å². The summed E-state index contributed by atoms with van der Waals surface area (Å²) >= 11 is 5.14. The summed E-state index contributed by atoms with van der Waals surface area (Å²) in [6.45, 7) is 0. The maximum atomic E-state index is 11.5. The number of nitrogens with one attached hydrogen (secondary N) is 2. The van der Waals surface area contributed by atoms with E-state index in [4.69, 9.17) is 0 Å². The van der Waals surface area contributed by atoms with Crippen molar-refractivity contribution >= 4 is 38.9 Å². The van der Waals surface area contributed by atoms with Crippen molar-refractivity contribution in [1.29, 1.82) is 0 Å². The van der Waals surface area contributed by atoms with E-state index >= 15 is 0 Å². The molecule has 0 atom stereocenters. The van der Waals surface area contributed by atoms with E-state index < -0.39 is 0 Å². The molecule has 0 aliphatic rings. The standard InChI is InChI=1S/C11H12BrN3OS/c12-10-5-4-9(17-10)2-1-3-11(16)15-8-6-13-14-7-8/h4-7H,1-3H2,(H,13,14)(H,15,16). The molecule has 6 heteroatoms. The number of rotatable bonds is 5. The molecule has 0 aliphatic heterocycles. The smallest absolute Gasteiger partial charge is 0.224 e. The van der Waals surface area contributed by atoms with Crippen LogP contribution in [0, 0.1) is 0 Å². The number of aromatic amines is 1. The number of carbonyl (C=O) groups excluding carboxylic acids is 1. The molecule has 2 aromatic rings. The predicted molar refractivity (Wildman–Crippen MR) is 72.2 cm³/mol. The van der Waals surface area contributed by atoms with Gasteiger partial charge < -0.3 is 5.32 Å². The lowest BCUT2D eigenvalue weighted by molar-refractivity contribution is -0.116. The van der Waals surface area contributed by atoms with Crippen molar-refractivity contribution < 1.29 is 4.79 Å². The van der Waals surface area contributed by atoms with Gasteiger partial charge in [-0.2, -0.15) is 5.10 Å². The molecule has 0 aromatic carbocycles. The summed E-state index contributed by atoms with van der Waals surface area (Å²) in [5, 5.41) is 9.19. The van der Waals surface area contributed by atoms with Crippen LogP contribution in [0.15, 0.2) is 28.3 Å². The third-order valence-electron chi connectivity index (χ3n) is 2.24. The Morgan fingerprint density at radius 1 is 1.53 bits per heavy atom. The van der Waals surface area contributed by atoms with Crippen molar-refractivity contribution in [2.24, 2.45) is 0 Å². The zero-order valence-corrected chi connectivity index (χ0v) is 11.5. The topological polar surface area (TPSA) is 57.8 Å². The van der Waals surface area contributed by atoms with E-state index in [0.29, 0.717) is 12.1 Å². The molecule has 0 saturated carbocycles. The van der Waals surface area contributed by atoms with Crippen LogP contribution in [0.5, 0.6) is 0 Å². The Morgan fingerprint density at radius 3 is 3.06 bits per heavy atom. The highest BCUT2D eigenvalue weighted by Crippen LogP contribution is 2.23. The molecule has 2 heterocycles. The lowest BCUT2D eigenvalue weighted by Crippen LogP contribution is -2.10. The Bertz CT molecular complexity index is 481. The number of aryl methyl sites for hydroxylation is 1. The van der Waals surface area contributed by atoms with Gasteiger partial charge in [0.15, 0.2) is 0 Å². The Hall–Kier alpha value is -1.14. The molecule has 2 rings (SSSR count). The highest BCUT2D eigenvalue weighted by molar-refractivity contribution is 9.11. The number of halogens is 1. The zero-order valence-electron chi connectivity index (χ0n) is 9.07. The van der Waals surface area contributed by atoms with Crippen LogP contribution in [0.2, 0.25) is 0 Å². The van der Waals surface area contributed by atoms with Crippen molar-refractivity contribution in [3.63, 3.8) is 0 Å². The third kappa shape index (κ3) is 3.98. The second kappa shape index (κ2) is 5.97. The third-order valence-corrected chi connectivity index (χ3v) is 3.92. The van der Waals surface area contributed by atoms with Crippen LogP contribution < -0.4 is 5.32 Å². The maximum absolute atomic E-state index is 11.5. The fraction of sp³-hybridized carbons (Fsp3) is 0.273. The van der Waals surface area contributed by atoms with Gasteiger partial charge in [0.05, 0.1) is 15.7 Å². The van der Waals surface area contributed by atoms with E-state index in [2.05, 4.69) is 37.5 Å². The van der Waals surface area contributed by atoms with E-state index in [1.54, 1.807) is 23.7 Å². The van der Waals surface area contributed by atoms with Crippen molar-refractivity contribution in [1.82, 2.24) is 10.2 Å². The van der Waals surface area contributed by atoms with Gasteiger partial charge in [-0.05, 0) is 40.9 Å². The van der Waals surface area contributed by atoms with Gasteiger partial charge in [0, 0.05) is 17.5 Å². The van der Waals surface area contributed by atoms with Crippen LogP contribution in [0.3, 0.4) is 0 Å². The fourth-order valence-corrected chi connectivity index (χ4v) is 2.98. The molecule has 0 spiro atoms. The van der Waals surface area contributed by atoms with Gasteiger partial charge in [-0.1, -0.05) is 0 Å². The number of amides is 1. The molecular weight excluding hydrogens is 302 g/mol. The summed E-state index contributed by atoms with van der Waals surface area (Å²) < 4.78 is 1.13. The quantitative estimate of drug-likeness (QED) is 0.890. The summed E-state index contributed by atoms with van der Waals surface area (Å²) in [5.41, 5.74) is 0.717. The molecule has 2 aromatic heterocycles. The van der Waals surface area contributed by atoms with Gasteiger partial charge in [-0.25, -0.2) is 0 Å². The largest absolute Gasteiger partial charge is 0.323 e. The van der Waals surface area contributed by atoms with Crippen molar-refractivity contribution in [3.05, 3.63) is 33.2 Å². The monoisotopic (exact) mass is 313 g/mol. The van der Waals surface area contributed by atoms with Gasteiger partial charge in [0.1, 0.15) is 0 Å². The van der Waals surface area contributed by atoms with Crippen LogP contribution in [-0.4, -0.2) is 16.1 Å². The summed E-state index contributed by atoms with van der Waals surface area (Å²) in [6.07, 6.45) is 5.58. The minimum Gasteiger partial charge on any atom is -0.323 e. The van der Waals surface area contributed by atoms with Crippen LogP contribution in [0.25, 0.3) is 0 Å². The van der Waals surface area contributed by atoms with Crippen LogP contribution in [0.1, 0.15) is 17.7 Å². The molecule has 0 fully saturated rings. The molecule has 0 saturated heterocycles. The number of anilines is 1. The first kappa shape index (κ1) is 12.3. The first-order valence-electron chi connectivity index (χ1n) is 5.27. The fourth-order valence-electron chi connectivity index (χ4n) is 1.45. The predicted octanol–water partition coefficient (Wildman–Crippen LogP) is 3.20. The number of nitrogens with zero attached hydrogens (tertiary/aromatic N) is 1. The van der Waals surface area contributed by atoms with E-state index in [0.717, 1.165) is 16.6 Å². The van der Waals surface area contributed by atoms with E-state index in [1.807, 2.05) is 6.07 Å². The molecular formula is C11H12BrN3OS. The number of aromatic nitrogens is 2. The average Bonchev–Trinajstić information content (AvgIpc) is 2.90. The molecule has 2 N–H and O–H groups in total. The second-order valence-electron chi connectivity index (χ2n) is 3.59. The summed E-state index contributed by atoms with van der Waals surface area (Å²) in [4.78, 5) is 12.8. The average molecular weight is 314 g/mol. The Balaban J connectivity index is 1.70. The van der Waals surface area contributed by atoms with Gasteiger partial charge >= 0.3 is 0 Å². The van der Waals surface area contributed by atoms with Crippen molar-refractivity contribution in [2.45, 2.75) is 19.3 Å². The van der Waals surface area contributed by atoms with Crippen LogP contribution in [0.4, 0.5) is 5.69 Å². The Kier molecular flexibility index (Phi) is 4.33. The number of hydrogen-bond acceptors (Lipinski definition) is 3. The molecule has 4 nitrogen and oxygen atoms in total. The molecule has 1 amide bonds. The lowest BCUT2D eigenvalue weighted by Gasteiger charge is -2.01. The number of H-pyrrole nitrogens is 1. The van der Waals surface area contributed by atoms with Gasteiger partial charge in [-0.3, -0.25) is 9.89 Å². The summed E-state index contributed by atoms with van der Waals surface area (Å²) in [5.74, 6) is 0.0296. The van der Waals surface area contributed by atoms with E-state index in [9.17, 15) is 4.79 Å². The Labute approximate surface area is 112 Å². The molecule has 17 heavy (non-hydrogen) atoms. The van der Waals surface area contributed by atoms with E-state index in [1.165, 1.54) is 4.88 Å². The first-order valence-corrected chi connectivity index (χ1v) is 6.88. The second-order valence-corrected chi connectivity index (χ2v) is 6.14. The van der Waals surface area contributed by atoms with Crippen LogP contribution >= 0.6 is 27.3 Å². The molecule has 0 bridgehead atoms. The molecule has 0 radical (unpaired) electrons. The van der Waals surface area contributed by atoms with Crippen LogP contribution in [-0.2, 0) is 11.2 Å². The normalized spacial score (nSPS) is 10.4. The highest BCUT2D eigenvalue weighted by atomic mass is 79.9. The molecule has 0 unspecified atom stereocenters. The van der Waals surface area contributed by atoms with Gasteiger partial charge in [0.2, 0.25) is 5.91 Å². The maximum Gasteiger partial charge on any atom is 0.224 e. The minimum atomic E-state index is 0.0296. The SMILES string of the molecule is O=C(CCCc1ccc(Br)s1)Nc1cn[nH]c1.